The number of rotatable bonds is 5. The number of aryl methyl sites for hydroxylation is 1. The van der Waals surface area contributed by atoms with Crippen LogP contribution in [0.15, 0.2) is 70.7 Å². The van der Waals surface area contributed by atoms with Gasteiger partial charge in [-0.05, 0) is 74.6 Å². The fourth-order valence-corrected chi connectivity index (χ4v) is 5.56. The van der Waals surface area contributed by atoms with Crippen LogP contribution in [0, 0.1) is 12.8 Å². The van der Waals surface area contributed by atoms with E-state index in [1.54, 1.807) is 30.5 Å². The summed E-state index contributed by atoms with van der Waals surface area (Å²) >= 11 is 0. The van der Waals surface area contributed by atoms with E-state index in [4.69, 9.17) is 10.7 Å². The number of hydrogen-bond donors (Lipinski definition) is 1. The van der Waals surface area contributed by atoms with Crippen molar-refractivity contribution < 1.29 is 8.42 Å². The lowest BCUT2D eigenvalue weighted by molar-refractivity contribution is 0.365. The molecule has 0 spiro atoms. The number of allylic oxidation sites excluding steroid dienone is 1. The molecule has 2 aliphatic heterocycles. The van der Waals surface area contributed by atoms with Gasteiger partial charge in [0.2, 0.25) is 0 Å². The van der Waals surface area contributed by atoms with E-state index in [1.165, 1.54) is 6.26 Å². The van der Waals surface area contributed by atoms with Gasteiger partial charge >= 0.3 is 0 Å². The summed E-state index contributed by atoms with van der Waals surface area (Å²) in [7, 11) is -3.26. The van der Waals surface area contributed by atoms with Gasteiger partial charge in [-0.25, -0.2) is 8.42 Å². The highest BCUT2D eigenvalue weighted by Crippen LogP contribution is 2.39. The smallest absolute Gasteiger partial charge is 0.175 e. The zero-order valence-corrected chi connectivity index (χ0v) is 20.2. The van der Waals surface area contributed by atoms with Crippen molar-refractivity contribution in [3.8, 4) is 11.3 Å². The maximum Gasteiger partial charge on any atom is 0.175 e. The fourth-order valence-electron chi connectivity index (χ4n) is 4.93. The highest BCUT2D eigenvalue weighted by Gasteiger charge is 2.34. The molecule has 0 amide bonds. The van der Waals surface area contributed by atoms with Gasteiger partial charge < -0.3 is 5.73 Å². The van der Waals surface area contributed by atoms with Gasteiger partial charge in [-0.2, -0.15) is 0 Å². The summed E-state index contributed by atoms with van der Waals surface area (Å²) in [6, 6.07) is 17.0. The Hall–Kier alpha value is -3.32. The van der Waals surface area contributed by atoms with E-state index in [-0.39, 0.29) is 4.90 Å². The molecule has 2 N–H and O–H groups in total. The average Bonchev–Trinajstić information content (AvgIpc) is 2.85. The predicted octanol–water partition coefficient (Wildman–Crippen LogP) is 4.70. The second-order valence-corrected chi connectivity index (χ2v) is 11.2. The molecule has 1 aliphatic carbocycles. The predicted molar refractivity (Wildman–Crippen MR) is 136 cm³/mol. The molecule has 1 fully saturated rings. The van der Waals surface area contributed by atoms with Gasteiger partial charge in [-0.3, -0.25) is 15.0 Å². The van der Waals surface area contributed by atoms with Crippen LogP contribution in [0.4, 0.5) is 0 Å². The van der Waals surface area contributed by atoms with E-state index in [1.807, 2.05) is 37.3 Å². The molecular weight excluding hydrogens is 444 g/mol. The number of aromatic nitrogens is 2. The topological polar surface area (TPSA) is 98.3 Å². The second-order valence-electron chi connectivity index (χ2n) is 9.20. The number of hydrogen-bond acceptors (Lipinski definition) is 6. The molecule has 1 saturated carbocycles. The van der Waals surface area contributed by atoms with Gasteiger partial charge in [0.15, 0.2) is 9.84 Å². The molecule has 2 bridgehead atoms. The summed E-state index contributed by atoms with van der Waals surface area (Å²) in [6.45, 7) is 1.96. The summed E-state index contributed by atoms with van der Waals surface area (Å²) < 4.78 is 23.7. The molecular formula is C27H28N4O2S. The zero-order chi connectivity index (χ0) is 23.9. The van der Waals surface area contributed by atoms with Crippen molar-refractivity contribution in [2.75, 3.05) is 6.26 Å². The zero-order valence-electron chi connectivity index (χ0n) is 19.4. The summed E-state index contributed by atoms with van der Waals surface area (Å²) in [5.41, 5.74) is 13.6. The third-order valence-corrected chi connectivity index (χ3v) is 7.85. The first-order chi connectivity index (χ1) is 16.3. The SMILES string of the molecule is Cc1cccc(C(N)=C(C2=NC3CCC2CC3)c2ccnc(-c3ccc(S(C)(=O)=O)cc3)c2)n1. The monoisotopic (exact) mass is 472 g/mol. The molecule has 2 aromatic heterocycles. The Morgan fingerprint density at radius 1 is 1.00 bits per heavy atom. The summed E-state index contributed by atoms with van der Waals surface area (Å²) in [5.74, 6) is 0.397. The third-order valence-electron chi connectivity index (χ3n) is 6.72. The standard InChI is InChI=1S/C27H28N4O2S/c1-17-4-3-5-23(30-17)26(28)25(27-19-6-10-21(31-27)11-7-19)20-14-15-29-24(16-20)18-8-12-22(13-9-18)34(2,32)33/h3-5,8-9,12-16,19,21H,6-7,10-11,28H2,1-2H3. The van der Waals surface area contributed by atoms with Crippen LogP contribution in [0.5, 0.6) is 0 Å². The number of pyridine rings is 2. The van der Waals surface area contributed by atoms with Crippen LogP contribution in [-0.4, -0.2) is 36.4 Å². The van der Waals surface area contributed by atoms with Crippen LogP contribution in [0.3, 0.4) is 0 Å². The van der Waals surface area contributed by atoms with E-state index in [0.717, 1.165) is 65.2 Å². The molecule has 6 rings (SSSR count). The Morgan fingerprint density at radius 3 is 2.35 bits per heavy atom. The Balaban J connectivity index is 1.64. The number of fused-ring (bicyclic) bond motifs is 2. The van der Waals surface area contributed by atoms with Crippen LogP contribution in [0.1, 0.15) is 42.6 Å². The molecule has 6 nitrogen and oxygen atoms in total. The van der Waals surface area contributed by atoms with Gasteiger partial charge in [-0.1, -0.05) is 18.2 Å². The highest BCUT2D eigenvalue weighted by atomic mass is 32.2. The molecule has 174 valence electrons. The Bertz CT molecular complexity index is 1400. The lowest BCUT2D eigenvalue weighted by Gasteiger charge is -2.36. The first-order valence-corrected chi connectivity index (χ1v) is 13.5. The van der Waals surface area contributed by atoms with Crippen molar-refractivity contribution in [3.05, 3.63) is 77.7 Å². The normalized spacial score (nSPS) is 20.6. The molecule has 0 atom stereocenters. The molecule has 1 aromatic carbocycles. The van der Waals surface area contributed by atoms with Crippen LogP contribution >= 0.6 is 0 Å². The minimum Gasteiger partial charge on any atom is -0.396 e. The maximum absolute atomic E-state index is 11.8. The molecule has 0 unspecified atom stereocenters. The summed E-state index contributed by atoms with van der Waals surface area (Å²) in [5, 5.41) is 0. The van der Waals surface area contributed by atoms with Crippen molar-refractivity contribution >= 4 is 26.8 Å². The Labute approximate surface area is 200 Å². The molecule has 3 aliphatic rings. The molecule has 34 heavy (non-hydrogen) atoms. The molecule has 3 aromatic rings. The lowest BCUT2D eigenvalue weighted by Crippen LogP contribution is -2.33. The second kappa shape index (κ2) is 8.80. The average molecular weight is 473 g/mol. The Morgan fingerprint density at radius 2 is 1.74 bits per heavy atom. The minimum absolute atomic E-state index is 0.287. The lowest BCUT2D eigenvalue weighted by atomic mass is 9.75. The number of aliphatic imine (C=N–C) groups is 1. The van der Waals surface area contributed by atoms with E-state index in [9.17, 15) is 8.42 Å². The Kier molecular flexibility index (Phi) is 5.81. The number of benzene rings is 1. The third kappa shape index (κ3) is 4.40. The fraction of sp³-hybridized carbons (Fsp3) is 0.296. The van der Waals surface area contributed by atoms with Gasteiger partial charge in [-0.15, -0.1) is 0 Å². The van der Waals surface area contributed by atoms with Crippen molar-refractivity contribution in [3.63, 3.8) is 0 Å². The van der Waals surface area contributed by atoms with Crippen molar-refractivity contribution in [1.82, 2.24) is 9.97 Å². The van der Waals surface area contributed by atoms with E-state index < -0.39 is 9.84 Å². The number of sulfone groups is 1. The van der Waals surface area contributed by atoms with Crippen molar-refractivity contribution in [2.45, 2.75) is 43.5 Å². The molecule has 0 radical (unpaired) electrons. The molecule has 7 heteroatoms. The maximum atomic E-state index is 11.8. The molecule has 0 saturated heterocycles. The van der Waals surface area contributed by atoms with Crippen LogP contribution in [0.2, 0.25) is 0 Å². The summed E-state index contributed by atoms with van der Waals surface area (Å²) in [4.78, 5) is 14.6. The van der Waals surface area contributed by atoms with Crippen LogP contribution in [0.25, 0.3) is 22.5 Å². The van der Waals surface area contributed by atoms with Gasteiger partial charge in [0.25, 0.3) is 0 Å². The number of nitrogens with two attached hydrogens (primary N) is 1. The van der Waals surface area contributed by atoms with E-state index in [2.05, 4.69) is 9.97 Å². The van der Waals surface area contributed by atoms with Crippen LogP contribution < -0.4 is 5.73 Å². The van der Waals surface area contributed by atoms with Crippen LogP contribution in [-0.2, 0) is 9.84 Å². The minimum atomic E-state index is -3.26. The van der Waals surface area contributed by atoms with Gasteiger partial charge in [0.05, 0.1) is 28.0 Å². The quantitative estimate of drug-likeness (QED) is 0.581. The first-order valence-electron chi connectivity index (χ1n) is 11.6. The number of nitrogens with zero attached hydrogens (tertiary/aromatic N) is 3. The first kappa shape index (κ1) is 22.5. The van der Waals surface area contributed by atoms with Gasteiger partial charge in [0.1, 0.15) is 0 Å². The molecule has 4 heterocycles. The summed E-state index contributed by atoms with van der Waals surface area (Å²) in [6.07, 6.45) is 7.52. The van der Waals surface area contributed by atoms with Crippen molar-refractivity contribution in [2.24, 2.45) is 16.6 Å². The largest absolute Gasteiger partial charge is 0.396 e. The van der Waals surface area contributed by atoms with Gasteiger partial charge in [0, 0.05) is 40.9 Å². The highest BCUT2D eigenvalue weighted by molar-refractivity contribution is 7.90. The van der Waals surface area contributed by atoms with E-state index in [0.29, 0.717) is 17.7 Å². The van der Waals surface area contributed by atoms with E-state index >= 15 is 0 Å². The van der Waals surface area contributed by atoms with Crippen molar-refractivity contribution in [1.29, 1.82) is 0 Å².